The van der Waals surface area contributed by atoms with E-state index in [4.69, 9.17) is 23.2 Å². The fraction of sp³-hybridized carbons (Fsp3) is 0.211. The third-order valence-corrected chi connectivity index (χ3v) is 5.58. The van der Waals surface area contributed by atoms with E-state index in [-0.39, 0.29) is 10.8 Å². The zero-order chi connectivity index (χ0) is 21.9. The minimum absolute atomic E-state index is 0.165. The van der Waals surface area contributed by atoms with Crippen molar-refractivity contribution in [2.45, 2.75) is 24.8 Å². The molecule has 3 aromatic rings. The monoisotopic (exact) mass is 474 g/mol. The van der Waals surface area contributed by atoms with Crippen LogP contribution in [-0.2, 0) is 17.5 Å². The Labute approximate surface area is 184 Å². The first-order valence-electron chi connectivity index (χ1n) is 8.68. The van der Waals surface area contributed by atoms with Gasteiger partial charge in [-0.3, -0.25) is 4.79 Å². The summed E-state index contributed by atoms with van der Waals surface area (Å²) in [6, 6.07) is 10.4. The molecule has 158 valence electrons. The highest BCUT2D eigenvalue weighted by Gasteiger charge is 2.34. The van der Waals surface area contributed by atoms with Gasteiger partial charge in [0, 0.05) is 17.1 Å². The highest BCUT2D eigenvalue weighted by Crippen LogP contribution is 2.38. The van der Waals surface area contributed by atoms with Gasteiger partial charge in [0.2, 0.25) is 5.91 Å². The van der Waals surface area contributed by atoms with Gasteiger partial charge in [0.15, 0.2) is 11.0 Å². The lowest BCUT2D eigenvalue weighted by molar-refractivity contribution is -0.137. The highest BCUT2D eigenvalue weighted by atomic mass is 35.5. The number of amides is 1. The summed E-state index contributed by atoms with van der Waals surface area (Å²) in [7, 11) is 0. The molecule has 1 heterocycles. The van der Waals surface area contributed by atoms with E-state index in [1.165, 1.54) is 12.1 Å². The number of carbonyl (C=O) groups excluding carboxylic acids is 1. The first-order chi connectivity index (χ1) is 14.2. The lowest BCUT2D eigenvalue weighted by Gasteiger charge is -2.15. The maximum absolute atomic E-state index is 13.2. The zero-order valence-electron chi connectivity index (χ0n) is 15.5. The van der Waals surface area contributed by atoms with Gasteiger partial charge in [-0.25, -0.2) is 0 Å². The molecule has 0 atom stereocenters. The predicted octanol–water partition coefficient (Wildman–Crippen LogP) is 6.02. The van der Waals surface area contributed by atoms with Crippen LogP contribution >= 0.6 is 35.0 Å². The summed E-state index contributed by atoms with van der Waals surface area (Å²) in [6.45, 7) is 2.43. The van der Waals surface area contributed by atoms with Gasteiger partial charge in [-0.05, 0) is 43.3 Å². The Bertz CT molecular complexity index is 1050. The summed E-state index contributed by atoms with van der Waals surface area (Å²) in [4.78, 5) is 12.3. The van der Waals surface area contributed by atoms with Crippen molar-refractivity contribution in [1.82, 2.24) is 14.8 Å². The smallest absolute Gasteiger partial charge is 0.324 e. The molecule has 0 fully saturated rings. The molecule has 3 rings (SSSR count). The fourth-order valence-electron chi connectivity index (χ4n) is 2.69. The molecule has 5 nitrogen and oxygen atoms in total. The van der Waals surface area contributed by atoms with E-state index in [9.17, 15) is 18.0 Å². The van der Waals surface area contributed by atoms with Gasteiger partial charge in [-0.1, -0.05) is 41.0 Å². The Morgan fingerprint density at radius 2 is 1.83 bits per heavy atom. The number of hydrogen-bond donors (Lipinski definition) is 1. The second-order valence-electron chi connectivity index (χ2n) is 6.05. The fourth-order valence-corrected chi connectivity index (χ4v) is 3.84. The second-order valence-corrected chi connectivity index (χ2v) is 7.84. The third kappa shape index (κ3) is 5.08. The van der Waals surface area contributed by atoms with Crippen molar-refractivity contribution in [3.05, 3.63) is 58.1 Å². The molecule has 1 N–H and O–H groups in total. The topological polar surface area (TPSA) is 59.8 Å². The molecule has 0 radical (unpaired) electrons. The number of nitrogens with zero attached hydrogens (tertiary/aromatic N) is 3. The van der Waals surface area contributed by atoms with Crippen LogP contribution in [0, 0.1) is 0 Å². The summed E-state index contributed by atoms with van der Waals surface area (Å²) < 4.78 is 41.3. The molecule has 1 aromatic heterocycles. The molecule has 0 bridgehead atoms. The number of benzene rings is 2. The number of hydrogen-bond acceptors (Lipinski definition) is 4. The Kier molecular flexibility index (Phi) is 6.95. The zero-order valence-corrected chi connectivity index (χ0v) is 17.8. The van der Waals surface area contributed by atoms with Crippen LogP contribution in [0.15, 0.2) is 47.6 Å². The number of anilines is 1. The molecule has 0 aliphatic heterocycles. The molecular weight excluding hydrogens is 460 g/mol. The first kappa shape index (κ1) is 22.5. The van der Waals surface area contributed by atoms with Crippen LogP contribution in [0.5, 0.6) is 0 Å². The van der Waals surface area contributed by atoms with Crippen LogP contribution in [0.2, 0.25) is 10.0 Å². The maximum atomic E-state index is 13.2. The number of nitrogens with one attached hydrogen (secondary N) is 1. The Hall–Kier alpha value is -2.23. The third-order valence-electron chi connectivity index (χ3n) is 4.05. The van der Waals surface area contributed by atoms with Gasteiger partial charge < -0.3 is 9.88 Å². The summed E-state index contributed by atoms with van der Waals surface area (Å²) in [5.41, 5.74) is -0.665. The maximum Gasteiger partial charge on any atom is 0.418 e. The van der Waals surface area contributed by atoms with Crippen LogP contribution in [0.3, 0.4) is 0 Å². The molecule has 0 saturated carbocycles. The molecule has 0 aliphatic rings. The van der Waals surface area contributed by atoms with Crippen molar-refractivity contribution >= 4 is 46.6 Å². The quantitative estimate of drug-likeness (QED) is 0.443. The Morgan fingerprint density at radius 1 is 1.13 bits per heavy atom. The van der Waals surface area contributed by atoms with Gasteiger partial charge in [-0.2, -0.15) is 13.2 Å². The van der Waals surface area contributed by atoms with Crippen LogP contribution in [-0.4, -0.2) is 26.4 Å². The van der Waals surface area contributed by atoms with E-state index in [0.29, 0.717) is 22.5 Å². The summed E-state index contributed by atoms with van der Waals surface area (Å²) >= 11 is 12.8. The Morgan fingerprint density at radius 3 is 2.47 bits per heavy atom. The van der Waals surface area contributed by atoms with Crippen LogP contribution in [0.1, 0.15) is 12.5 Å². The largest absolute Gasteiger partial charge is 0.418 e. The molecule has 0 unspecified atom stereocenters. The van der Waals surface area contributed by atoms with E-state index < -0.39 is 23.3 Å². The number of para-hydroxylation sites is 1. The summed E-state index contributed by atoms with van der Waals surface area (Å²) in [5.74, 6) is -0.207. The molecule has 0 saturated heterocycles. The Balaban J connectivity index is 1.74. The second kappa shape index (κ2) is 9.28. The number of carbonyl (C=O) groups is 1. The van der Waals surface area contributed by atoms with Gasteiger partial charge in [0.05, 0.1) is 22.0 Å². The number of rotatable bonds is 6. The lowest BCUT2D eigenvalue weighted by atomic mass is 10.1. The van der Waals surface area contributed by atoms with Crippen LogP contribution in [0.4, 0.5) is 18.9 Å². The predicted molar refractivity (Wildman–Crippen MR) is 112 cm³/mol. The van der Waals surface area contributed by atoms with Gasteiger partial charge >= 0.3 is 6.18 Å². The van der Waals surface area contributed by atoms with Crippen LogP contribution in [0.25, 0.3) is 11.4 Å². The average Bonchev–Trinajstić information content (AvgIpc) is 3.10. The van der Waals surface area contributed by atoms with Crippen molar-refractivity contribution in [2.24, 2.45) is 0 Å². The summed E-state index contributed by atoms with van der Waals surface area (Å²) in [6.07, 6.45) is -4.64. The van der Waals surface area contributed by atoms with Crippen molar-refractivity contribution in [2.75, 3.05) is 11.1 Å². The minimum atomic E-state index is -4.64. The number of alkyl halides is 3. The highest BCUT2D eigenvalue weighted by molar-refractivity contribution is 7.99. The first-order valence-corrected chi connectivity index (χ1v) is 10.4. The average molecular weight is 475 g/mol. The van der Waals surface area contributed by atoms with Crippen molar-refractivity contribution < 1.29 is 18.0 Å². The molecule has 1 amide bonds. The molecule has 2 aromatic carbocycles. The lowest BCUT2D eigenvalue weighted by Crippen LogP contribution is -2.19. The van der Waals surface area contributed by atoms with E-state index in [1.807, 2.05) is 6.92 Å². The normalized spacial score (nSPS) is 11.5. The van der Waals surface area contributed by atoms with Gasteiger partial charge in [0.1, 0.15) is 0 Å². The van der Waals surface area contributed by atoms with Crippen LogP contribution < -0.4 is 5.32 Å². The molecule has 11 heteroatoms. The molecule has 30 heavy (non-hydrogen) atoms. The number of thioether (sulfide) groups is 1. The minimum Gasteiger partial charge on any atom is -0.324 e. The molecular formula is C19H15Cl2F3N4OS. The molecule has 0 aliphatic carbocycles. The van der Waals surface area contributed by atoms with E-state index >= 15 is 0 Å². The van der Waals surface area contributed by atoms with Crippen molar-refractivity contribution in [1.29, 1.82) is 0 Å². The molecule has 0 spiro atoms. The summed E-state index contributed by atoms with van der Waals surface area (Å²) in [5, 5.41) is 11.4. The van der Waals surface area contributed by atoms with E-state index in [1.54, 1.807) is 28.8 Å². The van der Waals surface area contributed by atoms with Crippen molar-refractivity contribution in [3.8, 4) is 11.4 Å². The number of halogens is 5. The SMILES string of the molecule is CCn1c(SCC(=O)Nc2c(Cl)cccc2C(F)(F)F)nnc1-c1ccc(Cl)cc1. The van der Waals surface area contributed by atoms with Gasteiger partial charge in [-0.15, -0.1) is 10.2 Å². The van der Waals surface area contributed by atoms with E-state index in [0.717, 1.165) is 23.4 Å². The van der Waals surface area contributed by atoms with E-state index in [2.05, 4.69) is 15.5 Å². The van der Waals surface area contributed by atoms with Gasteiger partial charge in [0.25, 0.3) is 0 Å². The van der Waals surface area contributed by atoms with Crippen molar-refractivity contribution in [3.63, 3.8) is 0 Å². The standard InChI is InChI=1S/C19H15Cl2F3N4OS/c1-2-28-17(11-6-8-12(20)9-7-11)26-27-18(28)30-10-15(29)25-16-13(19(22,23)24)4-3-5-14(16)21/h3-9H,2,10H2,1H3,(H,25,29). The number of aromatic nitrogens is 3.